The molecule has 102 valence electrons. The van der Waals surface area contributed by atoms with Crippen LogP contribution in [-0.4, -0.2) is 24.7 Å². The van der Waals surface area contributed by atoms with Crippen LogP contribution >= 0.6 is 11.3 Å². The largest absolute Gasteiger partial charge is 0.491 e. The molecule has 0 aliphatic carbocycles. The highest BCUT2D eigenvalue weighted by molar-refractivity contribution is 7.07. The van der Waals surface area contributed by atoms with Gasteiger partial charge in [-0.05, 0) is 32.9 Å². The van der Waals surface area contributed by atoms with E-state index in [1.165, 1.54) is 0 Å². The molecule has 19 heavy (non-hydrogen) atoms. The third-order valence-corrected chi connectivity index (χ3v) is 3.68. The highest BCUT2D eigenvalue weighted by Crippen LogP contribution is 2.38. The molecule has 1 aromatic heterocycles. The molecule has 2 rings (SSSR count). The van der Waals surface area contributed by atoms with E-state index in [0.29, 0.717) is 6.61 Å². The minimum absolute atomic E-state index is 0.662. The molecule has 0 aliphatic rings. The molecule has 2 aromatic rings. The molecule has 0 N–H and O–H groups in total. The van der Waals surface area contributed by atoms with Gasteiger partial charge < -0.3 is 9.64 Å². The molecule has 4 heteroatoms. The number of benzene rings is 1. The maximum atomic E-state index is 5.90. The topological polar surface area (TPSA) is 25.4 Å². The zero-order valence-corrected chi connectivity index (χ0v) is 12.5. The first kappa shape index (κ1) is 13.9. The number of aromatic nitrogens is 1. The van der Waals surface area contributed by atoms with Crippen LogP contribution < -0.4 is 9.64 Å². The molecule has 0 atom stereocenters. The molecule has 0 amide bonds. The first-order valence-corrected chi connectivity index (χ1v) is 7.65. The van der Waals surface area contributed by atoms with E-state index in [2.05, 4.69) is 47.3 Å². The molecular formula is C15H20N2OS. The minimum atomic E-state index is 0.662. The number of rotatable bonds is 6. The predicted octanol–water partition coefficient (Wildman–Crippen LogP) is 4.06. The van der Waals surface area contributed by atoms with E-state index in [0.717, 1.165) is 35.8 Å². The summed E-state index contributed by atoms with van der Waals surface area (Å²) in [5, 5.41) is 2.06. The van der Waals surface area contributed by atoms with Crippen LogP contribution in [0.25, 0.3) is 11.3 Å². The summed E-state index contributed by atoms with van der Waals surface area (Å²) in [7, 11) is 0. The Kier molecular flexibility index (Phi) is 4.80. The van der Waals surface area contributed by atoms with Gasteiger partial charge in [-0.1, -0.05) is 6.07 Å². The lowest BCUT2D eigenvalue weighted by molar-refractivity contribution is 0.341. The molecule has 0 aliphatic heterocycles. The summed E-state index contributed by atoms with van der Waals surface area (Å²) in [6.07, 6.45) is 0. The lowest BCUT2D eigenvalue weighted by Gasteiger charge is -2.25. The summed E-state index contributed by atoms with van der Waals surface area (Å²) in [5.74, 6) is 0.944. The third-order valence-electron chi connectivity index (χ3n) is 3.10. The number of hydrogen-bond donors (Lipinski definition) is 0. The number of nitrogens with zero attached hydrogens (tertiary/aromatic N) is 2. The Morgan fingerprint density at radius 2 is 2.00 bits per heavy atom. The predicted molar refractivity (Wildman–Crippen MR) is 82.3 cm³/mol. The highest BCUT2D eigenvalue weighted by Gasteiger charge is 2.15. The molecule has 0 fully saturated rings. The number of hydrogen-bond acceptors (Lipinski definition) is 4. The summed E-state index contributed by atoms with van der Waals surface area (Å²) < 4.78 is 5.90. The molecule has 0 saturated heterocycles. The SMILES string of the molecule is CCOc1c(-c2cscn2)cccc1N(CC)CC. The lowest BCUT2D eigenvalue weighted by atomic mass is 10.1. The van der Waals surface area contributed by atoms with Gasteiger partial charge in [-0.2, -0.15) is 0 Å². The van der Waals surface area contributed by atoms with Crippen molar-refractivity contribution in [3.05, 3.63) is 29.1 Å². The highest BCUT2D eigenvalue weighted by atomic mass is 32.1. The van der Waals surface area contributed by atoms with E-state index in [1.54, 1.807) is 11.3 Å². The number of ether oxygens (including phenoxy) is 1. The maximum Gasteiger partial charge on any atom is 0.151 e. The molecule has 1 aromatic carbocycles. The maximum absolute atomic E-state index is 5.90. The Hall–Kier alpha value is -1.55. The summed E-state index contributed by atoms with van der Waals surface area (Å²) in [6, 6.07) is 6.27. The fraction of sp³-hybridized carbons (Fsp3) is 0.400. The van der Waals surface area contributed by atoms with Gasteiger partial charge in [0.15, 0.2) is 5.75 Å². The Bertz CT molecular complexity index is 507. The number of anilines is 1. The van der Waals surface area contributed by atoms with Gasteiger partial charge in [-0.15, -0.1) is 11.3 Å². The molecular weight excluding hydrogens is 256 g/mol. The van der Waals surface area contributed by atoms with Gasteiger partial charge in [-0.3, -0.25) is 0 Å². The Morgan fingerprint density at radius 3 is 2.58 bits per heavy atom. The smallest absolute Gasteiger partial charge is 0.151 e. The van der Waals surface area contributed by atoms with Gasteiger partial charge in [-0.25, -0.2) is 4.98 Å². The monoisotopic (exact) mass is 276 g/mol. The third kappa shape index (κ3) is 2.89. The molecule has 0 spiro atoms. The van der Waals surface area contributed by atoms with Crippen molar-refractivity contribution in [1.29, 1.82) is 0 Å². The van der Waals surface area contributed by atoms with E-state index in [1.807, 2.05) is 12.4 Å². The molecule has 0 unspecified atom stereocenters. The molecule has 0 bridgehead atoms. The van der Waals surface area contributed by atoms with Crippen molar-refractivity contribution in [1.82, 2.24) is 4.98 Å². The van der Waals surface area contributed by atoms with E-state index in [-0.39, 0.29) is 0 Å². The summed E-state index contributed by atoms with van der Waals surface area (Å²) in [5.41, 5.74) is 5.07. The fourth-order valence-corrected chi connectivity index (χ4v) is 2.73. The van der Waals surface area contributed by atoms with Crippen molar-refractivity contribution in [3.63, 3.8) is 0 Å². The van der Waals surface area contributed by atoms with E-state index >= 15 is 0 Å². The van der Waals surface area contributed by atoms with Crippen molar-refractivity contribution in [2.45, 2.75) is 20.8 Å². The van der Waals surface area contributed by atoms with Gasteiger partial charge >= 0.3 is 0 Å². The molecule has 0 radical (unpaired) electrons. The van der Waals surface area contributed by atoms with Crippen LogP contribution in [0.3, 0.4) is 0 Å². The zero-order valence-electron chi connectivity index (χ0n) is 11.7. The zero-order chi connectivity index (χ0) is 13.7. The van der Waals surface area contributed by atoms with Crippen molar-refractivity contribution >= 4 is 17.0 Å². The molecule has 1 heterocycles. The van der Waals surface area contributed by atoms with Gasteiger partial charge in [0, 0.05) is 24.0 Å². The second-order valence-corrected chi connectivity index (χ2v) is 4.85. The normalized spacial score (nSPS) is 10.5. The van der Waals surface area contributed by atoms with E-state index < -0.39 is 0 Å². The standard InChI is InChI=1S/C15H20N2OS/c1-4-17(5-2)14-9-7-8-12(15(14)18-6-3)13-10-19-11-16-13/h7-11H,4-6H2,1-3H3. The fourth-order valence-electron chi connectivity index (χ4n) is 2.18. The average Bonchev–Trinajstić information content (AvgIpc) is 2.96. The first-order chi connectivity index (χ1) is 9.31. The molecule has 0 saturated carbocycles. The lowest BCUT2D eigenvalue weighted by Crippen LogP contribution is -2.22. The van der Waals surface area contributed by atoms with Gasteiger partial charge in [0.25, 0.3) is 0 Å². The van der Waals surface area contributed by atoms with Gasteiger partial charge in [0.1, 0.15) is 0 Å². The first-order valence-electron chi connectivity index (χ1n) is 6.71. The second-order valence-electron chi connectivity index (χ2n) is 4.13. The van der Waals surface area contributed by atoms with E-state index in [9.17, 15) is 0 Å². The quantitative estimate of drug-likeness (QED) is 0.795. The van der Waals surface area contributed by atoms with Crippen molar-refractivity contribution in [2.75, 3.05) is 24.6 Å². The number of para-hydroxylation sites is 1. The van der Waals surface area contributed by atoms with Crippen LogP contribution in [0.15, 0.2) is 29.1 Å². The number of thiazole rings is 1. The van der Waals surface area contributed by atoms with Crippen LogP contribution in [0.1, 0.15) is 20.8 Å². The summed E-state index contributed by atoms with van der Waals surface area (Å²) in [4.78, 5) is 6.71. The van der Waals surface area contributed by atoms with Crippen LogP contribution in [0.5, 0.6) is 5.75 Å². The summed E-state index contributed by atoms with van der Waals surface area (Å²) >= 11 is 1.61. The Balaban J connectivity index is 2.52. The summed E-state index contributed by atoms with van der Waals surface area (Å²) in [6.45, 7) is 8.94. The Labute approximate surface area is 118 Å². The van der Waals surface area contributed by atoms with Crippen LogP contribution in [0, 0.1) is 0 Å². The van der Waals surface area contributed by atoms with E-state index in [4.69, 9.17) is 4.74 Å². The Morgan fingerprint density at radius 1 is 1.21 bits per heavy atom. The van der Waals surface area contributed by atoms with Crippen LogP contribution in [0.2, 0.25) is 0 Å². The van der Waals surface area contributed by atoms with Crippen LogP contribution in [0.4, 0.5) is 5.69 Å². The molecule has 3 nitrogen and oxygen atoms in total. The van der Waals surface area contributed by atoms with Crippen molar-refractivity contribution in [3.8, 4) is 17.0 Å². The van der Waals surface area contributed by atoms with Gasteiger partial charge in [0.2, 0.25) is 0 Å². The van der Waals surface area contributed by atoms with Crippen molar-refractivity contribution in [2.24, 2.45) is 0 Å². The minimum Gasteiger partial charge on any atom is -0.491 e. The van der Waals surface area contributed by atoms with Crippen molar-refractivity contribution < 1.29 is 4.74 Å². The van der Waals surface area contributed by atoms with Gasteiger partial charge in [0.05, 0.1) is 23.5 Å². The van der Waals surface area contributed by atoms with Crippen LogP contribution in [-0.2, 0) is 0 Å². The average molecular weight is 276 g/mol. The second kappa shape index (κ2) is 6.57.